The lowest BCUT2D eigenvalue weighted by atomic mass is 10.1. The Morgan fingerprint density at radius 2 is 2.00 bits per heavy atom. The average molecular weight is 451 g/mol. The second-order valence-corrected chi connectivity index (χ2v) is 5.41. The van der Waals surface area contributed by atoms with Gasteiger partial charge in [0.25, 0.3) is 0 Å². The van der Waals surface area contributed by atoms with Crippen LogP contribution in [0.2, 0.25) is 0 Å². The van der Waals surface area contributed by atoms with Crippen molar-refractivity contribution in [3.8, 4) is 0 Å². The third-order valence-corrected chi connectivity index (χ3v) is 3.61. The lowest BCUT2D eigenvalue weighted by Crippen LogP contribution is -2.36. The molecule has 0 aliphatic heterocycles. The minimum absolute atomic E-state index is 0. The number of aliphatic imine (C=N–C) groups is 1. The second-order valence-electron chi connectivity index (χ2n) is 5.41. The van der Waals surface area contributed by atoms with E-state index in [0.717, 1.165) is 18.3 Å². The number of nitrogens with zero attached hydrogens (tertiary/aromatic N) is 3. The average Bonchev–Trinajstić information content (AvgIpc) is 3.29. The van der Waals surface area contributed by atoms with Crippen LogP contribution in [0.5, 0.6) is 0 Å². The van der Waals surface area contributed by atoms with Crippen molar-refractivity contribution >= 4 is 29.9 Å². The highest BCUT2D eigenvalue weighted by Crippen LogP contribution is 2.07. The van der Waals surface area contributed by atoms with Gasteiger partial charge in [-0.15, -0.1) is 24.0 Å². The monoisotopic (exact) mass is 451 g/mol. The van der Waals surface area contributed by atoms with E-state index in [2.05, 4.69) is 49.4 Å². The van der Waals surface area contributed by atoms with E-state index in [1.165, 1.54) is 11.1 Å². The number of hydrogen-bond donors (Lipinski definition) is 2. The number of hydrogen-bond acceptors (Lipinski definition) is 3. The van der Waals surface area contributed by atoms with Gasteiger partial charge >= 0.3 is 0 Å². The molecule has 0 bridgehead atoms. The van der Waals surface area contributed by atoms with Gasteiger partial charge in [0.1, 0.15) is 5.76 Å². The van der Waals surface area contributed by atoms with Crippen LogP contribution in [0.3, 0.4) is 0 Å². The molecule has 0 saturated carbocycles. The van der Waals surface area contributed by atoms with E-state index < -0.39 is 0 Å². The van der Waals surface area contributed by atoms with E-state index in [4.69, 9.17) is 4.42 Å². The molecular formula is C18H22IN5O. The minimum Gasteiger partial charge on any atom is -0.467 e. The van der Waals surface area contributed by atoms with Crippen LogP contribution in [-0.4, -0.2) is 22.6 Å². The molecule has 0 saturated heterocycles. The zero-order valence-electron chi connectivity index (χ0n) is 14.1. The predicted molar refractivity (Wildman–Crippen MR) is 109 cm³/mol. The number of halogens is 1. The first-order valence-electron chi connectivity index (χ1n) is 7.84. The van der Waals surface area contributed by atoms with Crippen LogP contribution < -0.4 is 10.6 Å². The highest BCUT2D eigenvalue weighted by molar-refractivity contribution is 14.0. The summed E-state index contributed by atoms with van der Waals surface area (Å²) in [5, 5.41) is 6.54. The minimum atomic E-state index is 0. The quantitative estimate of drug-likeness (QED) is 0.344. The van der Waals surface area contributed by atoms with E-state index >= 15 is 0 Å². The Labute approximate surface area is 164 Å². The topological polar surface area (TPSA) is 67.4 Å². The summed E-state index contributed by atoms with van der Waals surface area (Å²) in [5.74, 6) is 1.62. The van der Waals surface area contributed by atoms with Gasteiger partial charge in [-0.3, -0.25) is 4.99 Å². The molecule has 6 nitrogen and oxygen atoms in total. The molecule has 0 radical (unpaired) electrons. The molecule has 3 rings (SSSR count). The first-order valence-corrected chi connectivity index (χ1v) is 7.84. The van der Waals surface area contributed by atoms with Gasteiger partial charge in [0, 0.05) is 32.5 Å². The standard InChI is InChI=1S/C18H21N5O.HI/c1-19-18(22-12-17-6-3-9-24-17)21-11-15-4-2-5-16(10-15)13-23-8-7-20-14-23;/h2-10,14H,11-13H2,1H3,(H2,19,21,22);1H. The van der Waals surface area contributed by atoms with Crippen LogP contribution >= 0.6 is 24.0 Å². The fourth-order valence-electron chi connectivity index (χ4n) is 2.42. The molecule has 2 N–H and O–H groups in total. The van der Waals surface area contributed by atoms with Crippen LogP contribution in [0, 0.1) is 0 Å². The Balaban J connectivity index is 0.00000225. The Hall–Kier alpha value is -2.29. The van der Waals surface area contributed by atoms with Gasteiger partial charge in [0.2, 0.25) is 0 Å². The Kier molecular flexibility index (Phi) is 7.52. The van der Waals surface area contributed by atoms with Crippen molar-refractivity contribution in [2.45, 2.75) is 19.6 Å². The van der Waals surface area contributed by atoms with Crippen LogP contribution in [0.25, 0.3) is 0 Å². The van der Waals surface area contributed by atoms with Crippen molar-refractivity contribution < 1.29 is 4.42 Å². The lowest BCUT2D eigenvalue weighted by molar-refractivity contribution is 0.501. The first kappa shape index (κ1) is 19.0. The molecular weight excluding hydrogens is 429 g/mol. The molecule has 3 aromatic rings. The summed E-state index contributed by atoms with van der Waals surface area (Å²) in [6.45, 7) is 2.13. The van der Waals surface area contributed by atoms with Gasteiger partial charge in [-0.2, -0.15) is 0 Å². The van der Waals surface area contributed by atoms with Crippen molar-refractivity contribution in [1.29, 1.82) is 0 Å². The predicted octanol–water partition coefficient (Wildman–Crippen LogP) is 3.01. The maximum Gasteiger partial charge on any atom is 0.191 e. The number of guanidine groups is 1. The highest BCUT2D eigenvalue weighted by atomic mass is 127. The van der Waals surface area contributed by atoms with Crippen LogP contribution in [0.1, 0.15) is 16.9 Å². The number of furan rings is 1. The summed E-state index contributed by atoms with van der Waals surface area (Å²) in [6, 6.07) is 12.3. The van der Waals surface area contributed by atoms with Gasteiger partial charge in [-0.05, 0) is 23.3 Å². The van der Waals surface area contributed by atoms with Gasteiger partial charge in [-0.1, -0.05) is 24.3 Å². The van der Waals surface area contributed by atoms with Crippen LogP contribution in [-0.2, 0) is 19.6 Å². The summed E-state index contributed by atoms with van der Waals surface area (Å²) in [6.07, 6.45) is 7.25. The largest absolute Gasteiger partial charge is 0.467 e. The van der Waals surface area contributed by atoms with Crippen molar-refractivity contribution in [3.05, 3.63) is 78.3 Å². The fourth-order valence-corrected chi connectivity index (χ4v) is 2.42. The van der Waals surface area contributed by atoms with Crippen molar-refractivity contribution in [2.75, 3.05) is 7.05 Å². The van der Waals surface area contributed by atoms with E-state index in [1.807, 2.05) is 24.7 Å². The molecule has 0 fully saturated rings. The first-order chi connectivity index (χ1) is 11.8. The molecule has 2 aromatic heterocycles. The number of nitrogens with one attached hydrogen (secondary N) is 2. The Bertz CT molecular complexity index is 769. The molecule has 0 spiro atoms. The zero-order valence-corrected chi connectivity index (χ0v) is 16.4. The van der Waals surface area contributed by atoms with Crippen molar-refractivity contribution in [2.24, 2.45) is 4.99 Å². The Morgan fingerprint density at radius 3 is 2.72 bits per heavy atom. The maximum absolute atomic E-state index is 5.30. The Morgan fingerprint density at radius 1 is 1.16 bits per heavy atom. The smallest absolute Gasteiger partial charge is 0.191 e. The number of imidazole rings is 1. The summed E-state index contributed by atoms with van der Waals surface area (Å²) >= 11 is 0. The molecule has 0 atom stereocenters. The molecule has 2 heterocycles. The third-order valence-electron chi connectivity index (χ3n) is 3.61. The van der Waals surface area contributed by atoms with Gasteiger partial charge in [0.15, 0.2) is 5.96 Å². The molecule has 0 aliphatic rings. The number of rotatable bonds is 6. The molecule has 1 aromatic carbocycles. The molecule has 0 amide bonds. The molecule has 132 valence electrons. The molecule has 0 unspecified atom stereocenters. The van der Waals surface area contributed by atoms with Gasteiger partial charge in [-0.25, -0.2) is 4.98 Å². The summed E-state index contributed by atoms with van der Waals surface area (Å²) < 4.78 is 7.36. The van der Waals surface area contributed by atoms with E-state index in [-0.39, 0.29) is 24.0 Å². The van der Waals surface area contributed by atoms with E-state index in [0.29, 0.717) is 13.1 Å². The van der Waals surface area contributed by atoms with Crippen molar-refractivity contribution in [1.82, 2.24) is 20.2 Å². The SMILES string of the molecule is CN=C(NCc1cccc(Cn2ccnc2)c1)NCc1ccco1.I. The molecule has 25 heavy (non-hydrogen) atoms. The summed E-state index contributed by atoms with van der Waals surface area (Å²) in [4.78, 5) is 8.30. The van der Waals surface area contributed by atoms with Crippen molar-refractivity contribution in [3.63, 3.8) is 0 Å². The summed E-state index contributed by atoms with van der Waals surface area (Å²) in [7, 11) is 1.76. The highest BCUT2D eigenvalue weighted by Gasteiger charge is 2.02. The van der Waals surface area contributed by atoms with E-state index in [9.17, 15) is 0 Å². The summed E-state index contributed by atoms with van der Waals surface area (Å²) in [5.41, 5.74) is 2.44. The fraction of sp³-hybridized carbons (Fsp3) is 0.222. The second kappa shape index (κ2) is 9.87. The maximum atomic E-state index is 5.30. The number of aromatic nitrogens is 2. The lowest BCUT2D eigenvalue weighted by Gasteiger charge is -2.12. The van der Waals surface area contributed by atoms with Crippen LogP contribution in [0.15, 0.2) is 70.8 Å². The zero-order chi connectivity index (χ0) is 16.6. The molecule has 7 heteroatoms. The molecule has 0 aliphatic carbocycles. The van der Waals surface area contributed by atoms with E-state index in [1.54, 1.807) is 19.5 Å². The van der Waals surface area contributed by atoms with Gasteiger partial charge < -0.3 is 19.6 Å². The van der Waals surface area contributed by atoms with Crippen LogP contribution in [0.4, 0.5) is 0 Å². The third kappa shape index (κ3) is 5.93. The van der Waals surface area contributed by atoms with Gasteiger partial charge in [0.05, 0.1) is 19.1 Å². The normalized spacial score (nSPS) is 11.0. The number of benzene rings is 1.